The van der Waals surface area contributed by atoms with E-state index in [4.69, 9.17) is 23.2 Å². The van der Waals surface area contributed by atoms with E-state index >= 15 is 0 Å². The van der Waals surface area contributed by atoms with Crippen LogP contribution in [0.5, 0.6) is 0 Å². The van der Waals surface area contributed by atoms with Crippen LogP contribution in [0.1, 0.15) is 22.8 Å². The number of aromatic nitrogens is 1. The van der Waals surface area contributed by atoms with Gasteiger partial charge in [-0.3, -0.25) is 14.4 Å². The highest BCUT2D eigenvalue weighted by molar-refractivity contribution is 8.00. The monoisotopic (exact) mass is 690 g/mol. The summed E-state index contributed by atoms with van der Waals surface area (Å²) >= 11 is 15.1. The van der Waals surface area contributed by atoms with E-state index in [1.54, 1.807) is 91.2 Å². The molecule has 3 amide bonds. The SMILES string of the molecule is CC(Sc1cccc(NC(=O)/C(=C\c2cccc(Cl)c2Cl)NC(=O)c2ccccc2)c1)C(=O)Nc1nc(-c2ccc(F)cc2)cs1. The second-order valence-corrected chi connectivity index (χ2v) is 12.9. The van der Waals surface area contributed by atoms with Gasteiger partial charge in [0.2, 0.25) is 5.91 Å². The molecule has 1 unspecified atom stereocenters. The lowest BCUT2D eigenvalue weighted by atomic mass is 10.1. The van der Waals surface area contributed by atoms with E-state index in [2.05, 4.69) is 20.9 Å². The van der Waals surface area contributed by atoms with E-state index < -0.39 is 17.1 Å². The van der Waals surface area contributed by atoms with Crippen molar-refractivity contribution >= 4 is 80.9 Å². The minimum atomic E-state index is -0.589. The van der Waals surface area contributed by atoms with Crippen molar-refractivity contribution in [1.82, 2.24) is 10.3 Å². The molecule has 12 heteroatoms. The topological polar surface area (TPSA) is 100 Å². The van der Waals surface area contributed by atoms with E-state index in [1.165, 1.54) is 41.3 Å². The van der Waals surface area contributed by atoms with Crippen LogP contribution in [-0.4, -0.2) is 28.0 Å². The van der Waals surface area contributed by atoms with Crippen molar-refractivity contribution in [2.75, 3.05) is 10.6 Å². The minimum Gasteiger partial charge on any atom is -0.321 e. The summed E-state index contributed by atoms with van der Waals surface area (Å²) in [5.41, 5.74) is 2.59. The molecule has 3 N–H and O–H groups in total. The first-order valence-electron chi connectivity index (χ1n) is 13.8. The number of thiazole rings is 1. The Morgan fingerprint density at radius 2 is 1.65 bits per heavy atom. The summed E-state index contributed by atoms with van der Waals surface area (Å²) < 4.78 is 13.3. The lowest BCUT2D eigenvalue weighted by molar-refractivity contribution is -0.115. The van der Waals surface area contributed by atoms with Crippen molar-refractivity contribution in [3.63, 3.8) is 0 Å². The second-order valence-electron chi connectivity index (χ2n) is 9.80. The van der Waals surface area contributed by atoms with Crippen LogP contribution in [0.4, 0.5) is 15.2 Å². The van der Waals surface area contributed by atoms with Crippen molar-refractivity contribution in [3.05, 3.63) is 135 Å². The molecule has 0 aliphatic carbocycles. The highest BCUT2D eigenvalue weighted by Crippen LogP contribution is 2.30. The summed E-state index contributed by atoms with van der Waals surface area (Å²) in [5, 5.41) is 10.6. The van der Waals surface area contributed by atoms with Crippen molar-refractivity contribution in [3.8, 4) is 11.3 Å². The fourth-order valence-corrected chi connectivity index (χ4v) is 6.14. The standard InChI is InChI=1S/C34H25Cl2FN4O3S2/c1-20(31(42)41-34-40-29(19-45-34)21-13-15-24(37)16-14-21)46-26-11-6-10-25(18-26)38-33(44)28(17-23-9-5-12-27(35)30(23)36)39-32(43)22-7-3-2-4-8-22/h2-20H,1H3,(H,38,44)(H,39,43)(H,40,41,42)/b28-17+. The van der Waals surface area contributed by atoms with Crippen LogP contribution in [0.25, 0.3) is 17.3 Å². The number of hydrogen-bond donors (Lipinski definition) is 3. The smallest absolute Gasteiger partial charge is 0.272 e. The van der Waals surface area contributed by atoms with E-state index in [-0.39, 0.29) is 22.4 Å². The van der Waals surface area contributed by atoms with Crippen molar-refractivity contribution < 1.29 is 18.8 Å². The maximum atomic E-state index is 13.5. The quantitative estimate of drug-likeness (QED) is 0.100. The molecule has 0 aliphatic heterocycles. The van der Waals surface area contributed by atoms with E-state index in [9.17, 15) is 18.8 Å². The van der Waals surface area contributed by atoms with Gasteiger partial charge < -0.3 is 16.0 Å². The Hall–Kier alpha value is -4.48. The normalized spacial score (nSPS) is 11.9. The third-order valence-corrected chi connectivity index (χ3v) is 9.14. The molecule has 0 radical (unpaired) electrons. The summed E-state index contributed by atoms with van der Waals surface area (Å²) in [6.45, 7) is 1.76. The fourth-order valence-electron chi connectivity index (χ4n) is 4.12. The van der Waals surface area contributed by atoms with Gasteiger partial charge in [0, 0.05) is 27.1 Å². The minimum absolute atomic E-state index is 0.0488. The van der Waals surface area contributed by atoms with Crippen LogP contribution >= 0.6 is 46.3 Å². The molecule has 5 rings (SSSR count). The van der Waals surface area contributed by atoms with Crippen LogP contribution in [0.2, 0.25) is 10.0 Å². The van der Waals surface area contributed by atoms with Crippen LogP contribution in [-0.2, 0) is 9.59 Å². The average Bonchev–Trinajstić information content (AvgIpc) is 3.52. The number of rotatable bonds is 10. The number of carbonyl (C=O) groups is 3. The molecule has 232 valence electrons. The molecule has 0 bridgehead atoms. The van der Waals surface area contributed by atoms with Gasteiger partial charge in [0.05, 0.1) is 21.0 Å². The van der Waals surface area contributed by atoms with Gasteiger partial charge in [-0.25, -0.2) is 9.37 Å². The summed E-state index contributed by atoms with van der Waals surface area (Å²) in [5.74, 6) is -1.66. The molecular formula is C34H25Cl2FN4O3S2. The molecule has 1 heterocycles. The Bertz CT molecular complexity index is 1920. The molecule has 0 saturated carbocycles. The summed E-state index contributed by atoms with van der Waals surface area (Å²) in [6.07, 6.45) is 1.45. The number of nitrogens with one attached hydrogen (secondary N) is 3. The van der Waals surface area contributed by atoms with Crippen molar-refractivity contribution in [2.24, 2.45) is 0 Å². The first-order valence-corrected chi connectivity index (χ1v) is 16.3. The van der Waals surface area contributed by atoms with Gasteiger partial charge in [0.25, 0.3) is 11.8 Å². The zero-order valence-corrected chi connectivity index (χ0v) is 27.2. The van der Waals surface area contributed by atoms with E-state index in [1.807, 2.05) is 6.07 Å². The first-order chi connectivity index (χ1) is 22.2. The summed E-state index contributed by atoms with van der Waals surface area (Å²) in [6, 6.07) is 26.4. The first kappa shape index (κ1) is 32.9. The Morgan fingerprint density at radius 1 is 0.913 bits per heavy atom. The number of benzene rings is 4. The number of nitrogens with zero attached hydrogens (tertiary/aromatic N) is 1. The molecule has 1 aromatic heterocycles. The predicted molar refractivity (Wildman–Crippen MR) is 185 cm³/mol. The fraction of sp³-hybridized carbons (Fsp3) is 0.0588. The molecule has 7 nitrogen and oxygen atoms in total. The number of anilines is 2. The largest absolute Gasteiger partial charge is 0.321 e. The third kappa shape index (κ3) is 8.61. The number of amides is 3. The second kappa shape index (κ2) is 15.2. The van der Waals surface area contributed by atoms with Crippen LogP contribution in [0.3, 0.4) is 0 Å². The highest BCUT2D eigenvalue weighted by Gasteiger charge is 2.19. The maximum absolute atomic E-state index is 13.5. The van der Waals surface area contributed by atoms with Crippen LogP contribution in [0, 0.1) is 5.82 Å². The van der Waals surface area contributed by atoms with Crippen molar-refractivity contribution in [1.29, 1.82) is 0 Å². The Morgan fingerprint density at radius 3 is 2.41 bits per heavy atom. The Kier molecular flexibility index (Phi) is 10.9. The van der Waals surface area contributed by atoms with E-state index in [0.29, 0.717) is 32.7 Å². The maximum Gasteiger partial charge on any atom is 0.272 e. The number of carbonyl (C=O) groups excluding carboxylic acids is 3. The molecule has 0 saturated heterocycles. The Labute approximate surface area is 282 Å². The number of thioether (sulfide) groups is 1. The third-order valence-electron chi connectivity index (χ3n) is 6.46. The van der Waals surface area contributed by atoms with Gasteiger partial charge in [-0.2, -0.15) is 0 Å². The van der Waals surface area contributed by atoms with Gasteiger partial charge >= 0.3 is 0 Å². The number of hydrogen-bond acceptors (Lipinski definition) is 6. The Balaban J connectivity index is 1.27. The van der Waals surface area contributed by atoms with Crippen molar-refractivity contribution in [2.45, 2.75) is 17.1 Å². The molecule has 5 aromatic rings. The summed E-state index contributed by atoms with van der Waals surface area (Å²) in [7, 11) is 0. The molecule has 1 atom stereocenters. The van der Waals surface area contributed by atoms with Gasteiger partial charge in [0.1, 0.15) is 11.5 Å². The molecule has 46 heavy (non-hydrogen) atoms. The number of halogens is 3. The average molecular weight is 692 g/mol. The molecule has 4 aromatic carbocycles. The molecular weight excluding hydrogens is 666 g/mol. The molecule has 0 aliphatic rings. The predicted octanol–water partition coefficient (Wildman–Crippen LogP) is 8.78. The molecule has 0 fully saturated rings. The molecule has 0 spiro atoms. The highest BCUT2D eigenvalue weighted by atomic mass is 35.5. The lowest BCUT2D eigenvalue weighted by Crippen LogP contribution is -2.30. The van der Waals surface area contributed by atoms with Gasteiger partial charge in [-0.1, -0.05) is 59.6 Å². The summed E-state index contributed by atoms with van der Waals surface area (Å²) in [4.78, 5) is 44.6. The van der Waals surface area contributed by atoms with Crippen LogP contribution < -0.4 is 16.0 Å². The van der Waals surface area contributed by atoms with Gasteiger partial charge in [-0.15, -0.1) is 23.1 Å². The zero-order valence-electron chi connectivity index (χ0n) is 24.1. The zero-order chi connectivity index (χ0) is 32.6. The van der Waals surface area contributed by atoms with E-state index in [0.717, 1.165) is 10.5 Å². The van der Waals surface area contributed by atoms with Crippen LogP contribution in [0.15, 0.2) is 113 Å². The van der Waals surface area contributed by atoms with Gasteiger partial charge in [-0.05, 0) is 79.2 Å². The lowest BCUT2D eigenvalue weighted by Gasteiger charge is -2.14. The van der Waals surface area contributed by atoms with Gasteiger partial charge in [0.15, 0.2) is 5.13 Å².